The van der Waals surface area contributed by atoms with Gasteiger partial charge in [0, 0.05) is 17.5 Å². The van der Waals surface area contributed by atoms with E-state index in [1.807, 2.05) is 6.92 Å². The van der Waals surface area contributed by atoms with Gasteiger partial charge in [0.1, 0.15) is 23.1 Å². The van der Waals surface area contributed by atoms with Gasteiger partial charge in [-0.3, -0.25) is 14.9 Å². The quantitative estimate of drug-likeness (QED) is 0.313. The van der Waals surface area contributed by atoms with E-state index in [9.17, 15) is 25.3 Å². The number of ether oxygens (including phenoxy) is 2. The standard InChI is InChI=1S/C20H19N3O6/c1-3-28-16-7-5-15(6-8-16)22-20(25)14(12-21)9-13-10-17(23(26)27)19(24)18(11-13)29-4-2/h5-11,24H,3-4H2,1-2H3,(H,22,25)/p-1/b14-9+. The number of nitriles is 1. The zero-order chi connectivity index (χ0) is 21.4. The molecule has 0 spiro atoms. The predicted octanol–water partition coefficient (Wildman–Crippen LogP) is 3.01. The maximum atomic E-state index is 12.4. The molecule has 1 amide bonds. The molecule has 9 heteroatoms. The van der Waals surface area contributed by atoms with Gasteiger partial charge in [-0.05, 0) is 55.8 Å². The summed E-state index contributed by atoms with van der Waals surface area (Å²) in [7, 11) is 0. The summed E-state index contributed by atoms with van der Waals surface area (Å²) in [4.78, 5) is 22.7. The summed E-state index contributed by atoms with van der Waals surface area (Å²) in [5, 5.41) is 35.0. The van der Waals surface area contributed by atoms with Gasteiger partial charge in [0.2, 0.25) is 0 Å². The van der Waals surface area contributed by atoms with Crippen LogP contribution in [-0.4, -0.2) is 24.0 Å². The summed E-state index contributed by atoms with van der Waals surface area (Å²) in [6, 6.07) is 10.6. The van der Waals surface area contributed by atoms with Crippen molar-refractivity contribution in [2.24, 2.45) is 0 Å². The molecule has 0 atom stereocenters. The molecular formula is C20H18N3O6-. The van der Waals surface area contributed by atoms with Crippen LogP contribution >= 0.6 is 0 Å². The molecule has 0 heterocycles. The average Bonchev–Trinajstić information content (AvgIpc) is 2.69. The Balaban J connectivity index is 2.31. The van der Waals surface area contributed by atoms with Crippen molar-refractivity contribution < 1.29 is 24.3 Å². The molecule has 0 unspecified atom stereocenters. The lowest BCUT2D eigenvalue weighted by molar-refractivity contribution is -0.398. The number of carbonyl (C=O) groups excluding carboxylic acids is 1. The average molecular weight is 396 g/mol. The van der Waals surface area contributed by atoms with Crippen LogP contribution in [0, 0.1) is 21.4 Å². The van der Waals surface area contributed by atoms with Crippen molar-refractivity contribution in [2.75, 3.05) is 18.5 Å². The van der Waals surface area contributed by atoms with Crippen molar-refractivity contribution in [1.82, 2.24) is 0 Å². The molecule has 2 aromatic rings. The van der Waals surface area contributed by atoms with E-state index >= 15 is 0 Å². The SMILES string of the molecule is CCOc1ccc(NC(=O)/C(C#N)=C/c2cc(OCC)c([O-])c([N+](=O)[O-])c2)cc1. The van der Waals surface area contributed by atoms with Crippen LogP contribution < -0.4 is 19.9 Å². The van der Waals surface area contributed by atoms with E-state index in [4.69, 9.17) is 9.47 Å². The lowest BCUT2D eigenvalue weighted by Crippen LogP contribution is -2.13. The molecule has 9 nitrogen and oxygen atoms in total. The second-order valence-electron chi connectivity index (χ2n) is 5.64. The number of benzene rings is 2. The maximum absolute atomic E-state index is 12.4. The van der Waals surface area contributed by atoms with Gasteiger partial charge in [-0.25, -0.2) is 0 Å². The topological polar surface area (TPSA) is 138 Å². The second-order valence-corrected chi connectivity index (χ2v) is 5.64. The number of anilines is 1. The first-order chi connectivity index (χ1) is 13.9. The number of nitrogens with zero attached hydrogens (tertiary/aromatic N) is 2. The molecule has 0 aliphatic carbocycles. The van der Waals surface area contributed by atoms with Crippen LogP contribution in [0.3, 0.4) is 0 Å². The summed E-state index contributed by atoms with van der Waals surface area (Å²) in [5.74, 6) is -1.16. The van der Waals surface area contributed by atoms with Gasteiger partial charge >= 0.3 is 0 Å². The summed E-state index contributed by atoms with van der Waals surface area (Å²) in [5.41, 5.74) is -0.436. The number of hydrogen-bond acceptors (Lipinski definition) is 7. The molecule has 0 saturated heterocycles. The highest BCUT2D eigenvalue weighted by Gasteiger charge is 2.15. The number of amides is 1. The van der Waals surface area contributed by atoms with Crippen LogP contribution in [0.2, 0.25) is 0 Å². The van der Waals surface area contributed by atoms with Crippen molar-refractivity contribution in [1.29, 1.82) is 5.26 Å². The van der Waals surface area contributed by atoms with Crippen LogP contribution in [0.5, 0.6) is 17.2 Å². The minimum Gasteiger partial charge on any atom is -0.865 e. The number of nitro groups is 1. The highest BCUT2D eigenvalue weighted by molar-refractivity contribution is 6.09. The fourth-order valence-electron chi connectivity index (χ4n) is 2.40. The Bertz CT molecular complexity index is 977. The molecule has 29 heavy (non-hydrogen) atoms. The largest absolute Gasteiger partial charge is 0.865 e. The minimum atomic E-state index is -0.869. The van der Waals surface area contributed by atoms with Gasteiger partial charge in [0.05, 0.1) is 18.1 Å². The van der Waals surface area contributed by atoms with Gasteiger partial charge in [-0.1, -0.05) is 0 Å². The number of nitrogens with one attached hydrogen (secondary N) is 1. The van der Waals surface area contributed by atoms with E-state index in [0.717, 1.165) is 12.1 Å². The van der Waals surface area contributed by atoms with Gasteiger partial charge in [-0.15, -0.1) is 0 Å². The van der Waals surface area contributed by atoms with E-state index in [1.165, 1.54) is 6.07 Å². The molecule has 0 bridgehead atoms. The van der Waals surface area contributed by atoms with Gasteiger partial charge in [0.15, 0.2) is 0 Å². The first-order valence-corrected chi connectivity index (χ1v) is 8.67. The first kappa shape index (κ1) is 21.2. The molecule has 0 aliphatic heterocycles. The molecule has 0 aromatic heterocycles. The van der Waals surface area contributed by atoms with Gasteiger partial charge in [0.25, 0.3) is 11.6 Å². The van der Waals surface area contributed by atoms with E-state index in [-0.39, 0.29) is 23.5 Å². The maximum Gasteiger partial charge on any atom is 0.266 e. The lowest BCUT2D eigenvalue weighted by atomic mass is 10.1. The number of nitro benzene ring substituents is 1. The zero-order valence-electron chi connectivity index (χ0n) is 15.8. The van der Waals surface area contributed by atoms with Crippen molar-refractivity contribution in [3.05, 3.63) is 57.6 Å². The predicted molar refractivity (Wildman–Crippen MR) is 104 cm³/mol. The Hall–Kier alpha value is -4.06. The number of hydrogen-bond donors (Lipinski definition) is 1. The smallest absolute Gasteiger partial charge is 0.266 e. The van der Waals surface area contributed by atoms with E-state index in [2.05, 4.69) is 5.32 Å². The fraction of sp³-hybridized carbons (Fsp3) is 0.200. The molecule has 0 aliphatic rings. The molecule has 1 N–H and O–H groups in total. The summed E-state index contributed by atoms with van der Waals surface area (Å²) < 4.78 is 10.4. The fourth-order valence-corrected chi connectivity index (χ4v) is 2.40. The van der Waals surface area contributed by atoms with Crippen molar-refractivity contribution in [3.8, 4) is 23.3 Å². The highest BCUT2D eigenvalue weighted by Crippen LogP contribution is 2.35. The minimum absolute atomic E-state index is 0.123. The first-order valence-electron chi connectivity index (χ1n) is 8.67. The highest BCUT2D eigenvalue weighted by atomic mass is 16.6. The molecular weight excluding hydrogens is 378 g/mol. The number of carbonyl (C=O) groups is 1. The third-order valence-electron chi connectivity index (χ3n) is 3.65. The lowest BCUT2D eigenvalue weighted by Gasteiger charge is -2.14. The van der Waals surface area contributed by atoms with E-state index in [1.54, 1.807) is 37.3 Å². The van der Waals surface area contributed by atoms with E-state index < -0.39 is 22.3 Å². The molecule has 0 saturated carbocycles. The number of rotatable bonds is 8. The molecule has 0 fully saturated rings. The monoisotopic (exact) mass is 396 g/mol. The van der Waals surface area contributed by atoms with Gasteiger partial charge in [-0.2, -0.15) is 5.26 Å². The van der Waals surface area contributed by atoms with Crippen LogP contribution in [0.4, 0.5) is 11.4 Å². The zero-order valence-corrected chi connectivity index (χ0v) is 15.8. The normalized spacial score (nSPS) is 10.7. The van der Waals surface area contributed by atoms with Crippen molar-refractivity contribution in [2.45, 2.75) is 13.8 Å². The Morgan fingerprint density at radius 2 is 1.86 bits per heavy atom. The Morgan fingerprint density at radius 1 is 1.21 bits per heavy atom. The van der Waals surface area contributed by atoms with Crippen molar-refractivity contribution >= 4 is 23.4 Å². The second kappa shape index (κ2) is 9.75. The molecule has 0 radical (unpaired) electrons. The summed E-state index contributed by atoms with van der Waals surface area (Å²) >= 11 is 0. The summed E-state index contributed by atoms with van der Waals surface area (Å²) in [6.07, 6.45) is 1.15. The van der Waals surface area contributed by atoms with Crippen molar-refractivity contribution in [3.63, 3.8) is 0 Å². The third kappa shape index (κ3) is 5.46. The van der Waals surface area contributed by atoms with Crippen LogP contribution in [0.1, 0.15) is 19.4 Å². The Morgan fingerprint density at radius 3 is 2.41 bits per heavy atom. The van der Waals surface area contributed by atoms with Gasteiger partial charge < -0.3 is 19.9 Å². The molecule has 2 rings (SSSR count). The van der Waals surface area contributed by atoms with Crippen LogP contribution in [0.15, 0.2) is 42.0 Å². The Kier molecular flexibility index (Phi) is 7.14. The van der Waals surface area contributed by atoms with Crippen LogP contribution in [-0.2, 0) is 4.79 Å². The van der Waals surface area contributed by atoms with E-state index in [0.29, 0.717) is 18.0 Å². The molecule has 2 aromatic carbocycles. The summed E-state index contributed by atoms with van der Waals surface area (Å²) in [6.45, 7) is 4.10. The third-order valence-corrected chi connectivity index (χ3v) is 3.65. The Labute approximate surface area is 166 Å². The van der Waals surface area contributed by atoms with Crippen LogP contribution in [0.25, 0.3) is 6.08 Å². The molecule has 150 valence electrons.